The highest BCUT2D eigenvalue weighted by Gasteiger charge is 2.29. The standard InChI is InChI=1S/C21H21N5O3S2/c1-28-16-9-14-15(10-17(16)29-2)22-18(23-20(14)27)11-31-21-25-24-19(26(21)12-5-6-12)8-13-4-3-7-30-13/h3-4,7,9-10,12H,5-6,8,11H2,1-2H3,(H,22,23,27). The van der Waals surface area contributed by atoms with Crippen LogP contribution >= 0.6 is 23.1 Å². The van der Waals surface area contributed by atoms with E-state index in [4.69, 9.17) is 9.47 Å². The predicted molar refractivity (Wildman–Crippen MR) is 120 cm³/mol. The van der Waals surface area contributed by atoms with Crippen molar-refractivity contribution in [1.29, 1.82) is 0 Å². The first kappa shape index (κ1) is 20.1. The molecule has 4 aromatic rings. The second-order valence-electron chi connectivity index (χ2n) is 7.28. The third-order valence-corrected chi connectivity index (χ3v) is 6.99. The summed E-state index contributed by atoms with van der Waals surface area (Å²) in [5.74, 6) is 3.10. The van der Waals surface area contributed by atoms with Gasteiger partial charge in [0, 0.05) is 23.4 Å². The number of fused-ring (bicyclic) bond motifs is 1. The lowest BCUT2D eigenvalue weighted by atomic mass is 10.2. The fourth-order valence-electron chi connectivity index (χ4n) is 3.51. The number of H-pyrrole nitrogens is 1. The Balaban J connectivity index is 1.41. The van der Waals surface area contributed by atoms with Gasteiger partial charge >= 0.3 is 0 Å². The van der Waals surface area contributed by atoms with E-state index in [-0.39, 0.29) is 5.56 Å². The average Bonchev–Trinajstić information content (AvgIpc) is 3.33. The maximum absolute atomic E-state index is 12.6. The van der Waals surface area contributed by atoms with E-state index in [0.717, 1.165) is 30.2 Å². The molecule has 8 nitrogen and oxygen atoms in total. The van der Waals surface area contributed by atoms with Crippen LogP contribution in [0, 0.1) is 0 Å². The van der Waals surface area contributed by atoms with Gasteiger partial charge in [0.15, 0.2) is 16.7 Å². The van der Waals surface area contributed by atoms with Crippen molar-refractivity contribution in [3.63, 3.8) is 0 Å². The van der Waals surface area contributed by atoms with Crippen molar-refractivity contribution in [3.05, 3.63) is 56.5 Å². The molecule has 1 aromatic carbocycles. The summed E-state index contributed by atoms with van der Waals surface area (Å²) in [5, 5.41) is 12.3. The Labute approximate surface area is 186 Å². The predicted octanol–water partition coefficient (Wildman–Crippen LogP) is 3.81. The van der Waals surface area contributed by atoms with Gasteiger partial charge in [0.25, 0.3) is 5.56 Å². The van der Waals surface area contributed by atoms with Gasteiger partial charge < -0.3 is 19.0 Å². The smallest absolute Gasteiger partial charge is 0.258 e. The van der Waals surface area contributed by atoms with Crippen LogP contribution < -0.4 is 15.0 Å². The SMILES string of the molecule is COc1cc2nc(CSc3nnc(Cc4cccs4)n3C3CC3)[nH]c(=O)c2cc1OC. The molecule has 5 rings (SSSR count). The first-order valence-electron chi connectivity index (χ1n) is 9.90. The maximum atomic E-state index is 12.6. The molecule has 0 amide bonds. The molecule has 3 aromatic heterocycles. The maximum Gasteiger partial charge on any atom is 0.258 e. The molecule has 0 saturated heterocycles. The second-order valence-corrected chi connectivity index (χ2v) is 9.26. The molecule has 0 spiro atoms. The lowest BCUT2D eigenvalue weighted by Crippen LogP contribution is -2.12. The summed E-state index contributed by atoms with van der Waals surface area (Å²) in [5.41, 5.74) is 0.364. The Morgan fingerprint density at radius 1 is 1.23 bits per heavy atom. The normalized spacial score (nSPS) is 13.6. The molecule has 1 saturated carbocycles. The fourth-order valence-corrected chi connectivity index (χ4v) is 5.11. The number of nitrogens with one attached hydrogen (secondary N) is 1. The average molecular weight is 456 g/mol. The van der Waals surface area contributed by atoms with Crippen molar-refractivity contribution in [2.45, 2.75) is 36.2 Å². The van der Waals surface area contributed by atoms with E-state index in [1.165, 1.54) is 4.88 Å². The molecule has 1 N–H and O–H groups in total. The molecule has 160 valence electrons. The highest BCUT2D eigenvalue weighted by Crippen LogP contribution is 2.39. The van der Waals surface area contributed by atoms with Crippen LogP contribution in [0.2, 0.25) is 0 Å². The van der Waals surface area contributed by atoms with Crippen LogP contribution in [0.15, 0.2) is 39.6 Å². The van der Waals surface area contributed by atoms with E-state index in [2.05, 4.69) is 42.2 Å². The number of rotatable bonds is 8. The van der Waals surface area contributed by atoms with Gasteiger partial charge in [0.05, 0.1) is 30.9 Å². The van der Waals surface area contributed by atoms with Gasteiger partial charge in [0.2, 0.25) is 0 Å². The number of thioether (sulfide) groups is 1. The molecule has 3 heterocycles. The summed E-state index contributed by atoms with van der Waals surface area (Å²) < 4.78 is 12.9. The molecule has 0 radical (unpaired) electrons. The minimum absolute atomic E-state index is 0.205. The zero-order chi connectivity index (χ0) is 21.4. The molecular weight excluding hydrogens is 434 g/mol. The fraction of sp³-hybridized carbons (Fsp3) is 0.333. The van der Waals surface area contributed by atoms with Gasteiger partial charge in [-0.25, -0.2) is 4.98 Å². The van der Waals surface area contributed by atoms with Gasteiger partial charge in [0.1, 0.15) is 11.6 Å². The first-order valence-corrected chi connectivity index (χ1v) is 11.8. The number of benzene rings is 1. The number of ether oxygens (including phenoxy) is 2. The highest BCUT2D eigenvalue weighted by molar-refractivity contribution is 7.98. The number of aromatic amines is 1. The topological polar surface area (TPSA) is 94.9 Å². The molecule has 0 atom stereocenters. The zero-order valence-corrected chi connectivity index (χ0v) is 18.8. The van der Waals surface area contributed by atoms with Crippen molar-refractivity contribution in [1.82, 2.24) is 24.7 Å². The number of aromatic nitrogens is 5. The van der Waals surface area contributed by atoms with Crippen molar-refractivity contribution in [3.8, 4) is 11.5 Å². The number of hydrogen-bond acceptors (Lipinski definition) is 8. The minimum Gasteiger partial charge on any atom is -0.493 e. The Kier molecular flexibility index (Phi) is 5.41. The Morgan fingerprint density at radius 2 is 2.03 bits per heavy atom. The molecule has 1 fully saturated rings. The molecule has 0 bridgehead atoms. The lowest BCUT2D eigenvalue weighted by molar-refractivity contribution is 0.355. The number of nitrogens with zero attached hydrogens (tertiary/aromatic N) is 4. The van der Waals surface area contributed by atoms with Gasteiger partial charge in [-0.1, -0.05) is 17.8 Å². The van der Waals surface area contributed by atoms with Crippen LogP contribution in [0.4, 0.5) is 0 Å². The Hall–Kier alpha value is -2.85. The molecular formula is C21H21N5O3S2. The van der Waals surface area contributed by atoms with E-state index < -0.39 is 0 Å². The summed E-state index contributed by atoms with van der Waals surface area (Å²) in [4.78, 5) is 21.4. The van der Waals surface area contributed by atoms with Crippen LogP contribution in [0.1, 0.15) is 35.4 Å². The monoisotopic (exact) mass is 455 g/mol. The van der Waals surface area contributed by atoms with Crippen LogP contribution in [-0.4, -0.2) is 39.0 Å². The second kappa shape index (κ2) is 8.35. The summed E-state index contributed by atoms with van der Waals surface area (Å²) in [7, 11) is 3.10. The van der Waals surface area contributed by atoms with Crippen LogP contribution in [0.3, 0.4) is 0 Å². The quantitative estimate of drug-likeness (QED) is 0.404. The van der Waals surface area contributed by atoms with Crippen molar-refractivity contribution < 1.29 is 9.47 Å². The van der Waals surface area contributed by atoms with E-state index in [0.29, 0.717) is 40.0 Å². The highest BCUT2D eigenvalue weighted by atomic mass is 32.2. The van der Waals surface area contributed by atoms with E-state index in [9.17, 15) is 4.79 Å². The van der Waals surface area contributed by atoms with E-state index in [1.807, 2.05) is 0 Å². The van der Waals surface area contributed by atoms with Gasteiger partial charge in [-0.3, -0.25) is 4.79 Å². The van der Waals surface area contributed by atoms with Crippen molar-refractivity contribution in [2.24, 2.45) is 0 Å². The summed E-state index contributed by atoms with van der Waals surface area (Å²) in [6.45, 7) is 0. The van der Waals surface area contributed by atoms with E-state index in [1.54, 1.807) is 49.5 Å². The van der Waals surface area contributed by atoms with Gasteiger partial charge in [-0.05, 0) is 30.4 Å². The minimum atomic E-state index is -0.205. The van der Waals surface area contributed by atoms with Gasteiger partial charge in [-0.15, -0.1) is 21.5 Å². The lowest BCUT2D eigenvalue weighted by Gasteiger charge is -2.10. The number of thiophene rings is 1. The molecule has 1 aliphatic carbocycles. The molecule has 10 heteroatoms. The summed E-state index contributed by atoms with van der Waals surface area (Å²) in [6.07, 6.45) is 3.08. The largest absolute Gasteiger partial charge is 0.493 e. The first-order chi connectivity index (χ1) is 15.2. The van der Waals surface area contributed by atoms with Crippen LogP contribution in [0.5, 0.6) is 11.5 Å². The van der Waals surface area contributed by atoms with Crippen molar-refractivity contribution in [2.75, 3.05) is 14.2 Å². The Morgan fingerprint density at radius 3 is 2.74 bits per heavy atom. The molecule has 31 heavy (non-hydrogen) atoms. The Bertz CT molecular complexity index is 1280. The van der Waals surface area contributed by atoms with Crippen LogP contribution in [0.25, 0.3) is 10.9 Å². The number of hydrogen-bond donors (Lipinski definition) is 1. The zero-order valence-electron chi connectivity index (χ0n) is 17.1. The molecule has 0 aliphatic heterocycles. The molecule has 1 aliphatic rings. The van der Waals surface area contributed by atoms with Crippen molar-refractivity contribution >= 4 is 34.0 Å². The third-order valence-electron chi connectivity index (χ3n) is 5.16. The van der Waals surface area contributed by atoms with Gasteiger partial charge in [-0.2, -0.15) is 0 Å². The molecule has 0 unspecified atom stereocenters. The van der Waals surface area contributed by atoms with Crippen LogP contribution in [-0.2, 0) is 12.2 Å². The third kappa shape index (κ3) is 4.05. The summed E-state index contributed by atoms with van der Waals surface area (Å²) >= 11 is 3.27. The summed E-state index contributed by atoms with van der Waals surface area (Å²) in [6, 6.07) is 8.02. The number of methoxy groups -OCH3 is 2. The van der Waals surface area contributed by atoms with E-state index >= 15 is 0 Å².